The number of nitro groups is 1. The Bertz CT molecular complexity index is 1320. The number of nitrogens with zero attached hydrogens (tertiary/aromatic N) is 4. The summed E-state index contributed by atoms with van der Waals surface area (Å²) in [4.78, 5) is 23.0. The molecular formula is C28H30N4O4. The Hall–Kier alpha value is -3.55. The predicted octanol–water partition coefficient (Wildman–Crippen LogP) is 5.24. The van der Waals surface area contributed by atoms with E-state index in [1.165, 1.54) is 23.3 Å². The van der Waals surface area contributed by atoms with Gasteiger partial charge in [0, 0.05) is 24.0 Å². The maximum Gasteiger partial charge on any atom is 0.269 e. The number of hydrogen-bond acceptors (Lipinski definition) is 6. The molecule has 2 aromatic carbocycles. The molecule has 0 aliphatic heterocycles. The van der Waals surface area contributed by atoms with Crippen LogP contribution in [0.15, 0.2) is 48.7 Å². The molecule has 0 saturated heterocycles. The van der Waals surface area contributed by atoms with Crippen molar-refractivity contribution in [2.45, 2.75) is 64.5 Å². The van der Waals surface area contributed by atoms with Gasteiger partial charge in [0.1, 0.15) is 23.8 Å². The minimum absolute atomic E-state index is 0.0719. The first-order valence-electron chi connectivity index (χ1n) is 12.8. The molecule has 2 saturated carbocycles. The molecule has 0 bridgehead atoms. The highest BCUT2D eigenvalue weighted by molar-refractivity contribution is 5.87. The monoisotopic (exact) mass is 486 g/mol. The van der Waals surface area contributed by atoms with Gasteiger partial charge in [-0.15, -0.1) is 5.10 Å². The second-order valence-corrected chi connectivity index (χ2v) is 10.8. The first-order chi connectivity index (χ1) is 17.4. The maximum atomic E-state index is 12.6. The zero-order valence-corrected chi connectivity index (χ0v) is 20.4. The molecule has 6 rings (SSSR count). The quantitative estimate of drug-likeness (QED) is 0.349. The number of aromatic nitrogens is 3. The van der Waals surface area contributed by atoms with Gasteiger partial charge in [-0.1, -0.05) is 30.3 Å². The lowest BCUT2D eigenvalue weighted by molar-refractivity contribution is -0.384. The highest BCUT2D eigenvalue weighted by Gasteiger charge is 2.54. The molecule has 0 spiro atoms. The molecule has 8 nitrogen and oxygen atoms in total. The number of aryl methyl sites for hydroxylation is 1. The van der Waals surface area contributed by atoms with Gasteiger partial charge in [-0.2, -0.15) is 0 Å². The Kier molecular flexibility index (Phi) is 5.62. The van der Waals surface area contributed by atoms with Crippen molar-refractivity contribution >= 4 is 11.5 Å². The molecule has 186 valence electrons. The van der Waals surface area contributed by atoms with E-state index in [4.69, 9.17) is 4.74 Å². The molecule has 3 aromatic rings. The number of nitro benzene ring substituents is 1. The van der Waals surface area contributed by atoms with Crippen molar-refractivity contribution in [1.29, 1.82) is 0 Å². The topological polar surface area (TPSA) is 100 Å². The van der Waals surface area contributed by atoms with E-state index < -0.39 is 4.92 Å². The zero-order chi connectivity index (χ0) is 24.9. The summed E-state index contributed by atoms with van der Waals surface area (Å²) in [6, 6.07) is 12.9. The molecule has 3 aliphatic rings. The number of carbonyl (C=O) groups is 1. The minimum Gasteiger partial charge on any atom is -0.487 e. The van der Waals surface area contributed by atoms with Crippen LogP contribution in [-0.4, -0.2) is 25.7 Å². The normalized spacial score (nSPS) is 26.7. The van der Waals surface area contributed by atoms with Crippen molar-refractivity contribution in [2.75, 3.05) is 0 Å². The molecule has 0 amide bonds. The fourth-order valence-corrected chi connectivity index (χ4v) is 6.97. The number of ether oxygens (including phenoxy) is 1. The van der Waals surface area contributed by atoms with Crippen LogP contribution in [0.1, 0.15) is 67.3 Å². The Morgan fingerprint density at radius 1 is 1.14 bits per heavy atom. The third-order valence-corrected chi connectivity index (χ3v) is 8.87. The number of non-ortho nitro benzene ring substituents is 1. The van der Waals surface area contributed by atoms with E-state index in [0.717, 1.165) is 55.5 Å². The highest BCUT2D eigenvalue weighted by atomic mass is 16.6. The molecule has 1 aromatic heterocycles. The van der Waals surface area contributed by atoms with E-state index >= 15 is 0 Å². The maximum absolute atomic E-state index is 12.6. The standard InChI is InChI=1S/C28H30N4O4/c1-28-13-12-24-23-9-7-22(14-19(23)4-8-25(24)26(28)10-11-27(28)33)36-17-20-16-31(30-29-20)15-18-2-5-21(6-3-18)32(34)35/h2-3,5-7,9,14,16,24-26H,4,8,10-13,15,17H2,1H3/t24-,25-,26+,28-/m1/s1. The van der Waals surface area contributed by atoms with Gasteiger partial charge < -0.3 is 4.74 Å². The molecule has 1 heterocycles. The highest BCUT2D eigenvalue weighted by Crippen LogP contribution is 2.59. The summed E-state index contributed by atoms with van der Waals surface area (Å²) in [6.45, 7) is 3.03. The second-order valence-electron chi connectivity index (χ2n) is 10.8. The van der Waals surface area contributed by atoms with Crippen LogP contribution in [0.25, 0.3) is 0 Å². The van der Waals surface area contributed by atoms with E-state index in [-0.39, 0.29) is 11.1 Å². The number of Topliss-reactive ketones (excluding diaryl/α,β-unsaturated/α-hetero) is 1. The third kappa shape index (κ3) is 3.98. The Labute approximate surface area is 209 Å². The van der Waals surface area contributed by atoms with Crippen LogP contribution in [0.3, 0.4) is 0 Å². The van der Waals surface area contributed by atoms with Crippen LogP contribution in [-0.2, 0) is 24.4 Å². The number of ketones is 1. The summed E-state index contributed by atoms with van der Waals surface area (Å²) in [6.07, 6.45) is 8.00. The van der Waals surface area contributed by atoms with Crippen LogP contribution in [0.2, 0.25) is 0 Å². The van der Waals surface area contributed by atoms with Crippen LogP contribution < -0.4 is 4.74 Å². The van der Waals surface area contributed by atoms with Gasteiger partial charge >= 0.3 is 0 Å². The Morgan fingerprint density at radius 3 is 2.78 bits per heavy atom. The summed E-state index contributed by atoms with van der Waals surface area (Å²) in [7, 11) is 0. The molecule has 8 heteroatoms. The Balaban J connectivity index is 1.09. The summed E-state index contributed by atoms with van der Waals surface area (Å²) >= 11 is 0. The number of fused-ring (bicyclic) bond motifs is 5. The molecule has 4 atom stereocenters. The molecule has 3 aliphatic carbocycles. The van der Waals surface area contributed by atoms with Gasteiger partial charge in [0.05, 0.1) is 17.7 Å². The number of benzene rings is 2. The first kappa shape index (κ1) is 22.9. The van der Waals surface area contributed by atoms with Crippen LogP contribution in [0.5, 0.6) is 5.75 Å². The molecule has 0 unspecified atom stereocenters. The average molecular weight is 487 g/mol. The largest absolute Gasteiger partial charge is 0.487 e. The summed E-state index contributed by atoms with van der Waals surface area (Å²) < 4.78 is 7.77. The molecule has 2 fully saturated rings. The van der Waals surface area contributed by atoms with Gasteiger partial charge in [-0.25, -0.2) is 4.68 Å². The van der Waals surface area contributed by atoms with E-state index in [2.05, 4.69) is 35.4 Å². The number of rotatable bonds is 6. The summed E-state index contributed by atoms with van der Waals surface area (Å²) in [5, 5.41) is 19.2. The summed E-state index contributed by atoms with van der Waals surface area (Å²) in [5.41, 5.74) is 4.46. The van der Waals surface area contributed by atoms with E-state index in [0.29, 0.717) is 36.7 Å². The molecule has 0 radical (unpaired) electrons. The van der Waals surface area contributed by atoms with Crippen molar-refractivity contribution in [1.82, 2.24) is 15.0 Å². The zero-order valence-electron chi connectivity index (χ0n) is 20.4. The van der Waals surface area contributed by atoms with Crippen molar-refractivity contribution in [3.05, 3.63) is 81.2 Å². The molecule has 0 N–H and O–H groups in total. The van der Waals surface area contributed by atoms with Gasteiger partial charge in [0.25, 0.3) is 5.69 Å². The van der Waals surface area contributed by atoms with Crippen LogP contribution in [0, 0.1) is 27.4 Å². The Morgan fingerprint density at radius 2 is 1.97 bits per heavy atom. The lowest BCUT2D eigenvalue weighted by atomic mass is 9.55. The number of carbonyl (C=O) groups excluding carboxylic acids is 1. The van der Waals surface area contributed by atoms with Crippen molar-refractivity contribution in [2.24, 2.45) is 17.3 Å². The lowest BCUT2D eigenvalue weighted by Crippen LogP contribution is -2.42. The van der Waals surface area contributed by atoms with Gasteiger partial charge in [-0.3, -0.25) is 14.9 Å². The van der Waals surface area contributed by atoms with E-state index in [1.54, 1.807) is 16.8 Å². The van der Waals surface area contributed by atoms with Crippen molar-refractivity contribution < 1.29 is 14.5 Å². The van der Waals surface area contributed by atoms with Crippen LogP contribution in [0.4, 0.5) is 5.69 Å². The minimum atomic E-state index is -0.407. The van der Waals surface area contributed by atoms with Gasteiger partial charge in [-0.05, 0) is 78.7 Å². The van der Waals surface area contributed by atoms with E-state index in [1.807, 2.05) is 6.20 Å². The predicted molar refractivity (Wildman–Crippen MR) is 133 cm³/mol. The molecular weight excluding hydrogens is 456 g/mol. The first-order valence-corrected chi connectivity index (χ1v) is 12.8. The second kappa shape index (κ2) is 8.84. The van der Waals surface area contributed by atoms with E-state index in [9.17, 15) is 14.9 Å². The fourth-order valence-electron chi connectivity index (χ4n) is 6.97. The fraction of sp³-hybridized carbons (Fsp3) is 0.464. The van der Waals surface area contributed by atoms with Crippen molar-refractivity contribution in [3.63, 3.8) is 0 Å². The summed E-state index contributed by atoms with van der Waals surface area (Å²) in [5.74, 6) is 3.06. The van der Waals surface area contributed by atoms with Gasteiger partial charge in [0.15, 0.2) is 0 Å². The lowest BCUT2D eigenvalue weighted by Gasteiger charge is -2.48. The van der Waals surface area contributed by atoms with Gasteiger partial charge in [0.2, 0.25) is 0 Å². The third-order valence-electron chi connectivity index (χ3n) is 8.87. The molecule has 36 heavy (non-hydrogen) atoms. The van der Waals surface area contributed by atoms with Crippen molar-refractivity contribution in [3.8, 4) is 5.75 Å². The number of hydrogen-bond donors (Lipinski definition) is 0. The smallest absolute Gasteiger partial charge is 0.269 e. The SMILES string of the molecule is C[C@@]12CC[C@@H]3c4ccc(OCc5cn(Cc6ccc([N+](=O)[O-])cc6)nn5)cc4CC[C@H]3[C@@H]1CCC2=O. The average Bonchev–Trinajstić information content (AvgIpc) is 3.46. The van der Waals surface area contributed by atoms with Crippen LogP contribution >= 0.6 is 0 Å².